The SMILES string of the molecule is COC(=O)c1ccc2ncnc(-c3ccc(CN)c(C)c3)n12.Cl. The topological polar surface area (TPSA) is 82.5 Å². The molecule has 23 heavy (non-hydrogen) atoms. The molecule has 120 valence electrons. The molecule has 3 rings (SSSR count). The van der Waals surface area contributed by atoms with Crippen molar-refractivity contribution in [3.05, 3.63) is 53.5 Å². The zero-order valence-corrected chi connectivity index (χ0v) is 13.6. The maximum absolute atomic E-state index is 11.9. The van der Waals surface area contributed by atoms with Crippen LogP contribution in [0.5, 0.6) is 0 Å². The van der Waals surface area contributed by atoms with E-state index in [-0.39, 0.29) is 12.4 Å². The standard InChI is InChI=1S/C16H16N4O2.ClH/c1-10-7-11(3-4-12(10)8-17)15-19-9-18-14-6-5-13(20(14)15)16(21)22-2;/h3-7,9H,8,17H2,1-2H3;1H. The predicted octanol–water partition coefficient (Wildman–Crippen LogP) is 2.37. The number of esters is 1. The Labute approximate surface area is 139 Å². The van der Waals surface area contributed by atoms with E-state index in [1.54, 1.807) is 16.5 Å². The molecule has 0 spiro atoms. The normalized spacial score (nSPS) is 10.4. The third kappa shape index (κ3) is 2.91. The van der Waals surface area contributed by atoms with Crippen LogP contribution in [0.4, 0.5) is 0 Å². The van der Waals surface area contributed by atoms with Crippen molar-refractivity contribution in [1.82, 2.24) is 14.4 Å². The Morgan fingerprint density at radius 3 is 2.70 bits per heavy atom. The number of aryl methyl sites for hydroxylation is 1. The van der Waals surface area contributed by atoms with E-state index in [2.05, 4.69) is 9.97 Å². The summed E-state index contributed by atoms with van der Waals surface area (Å²) in [4.78, 5) is 20.4. The van der Waals surface area contributed by atoms with Gasteiger partial charge in [0.2, 0.25) is 0 Å². The summed E-state index contributed by atoms with van der Waals surface area (Å²) >= 11 is 0. The maximum Gasteiger partial charge on any atom is 0.355 e. The van der Waals surface area contributed by atoms with Gasteiger partial charge < -0.3 is 10.5 Å². The molecule has 1 aromatic carbocycles. The second-order valence-corrected chi connectivity index (χ2v) is 4.95. The van der Waals surface area contributed by atoms with Crippen molar-refractivity contribution in [2.75, 3.05) is 7.11 Å². The Morgan fingerprint density at radius 1 is 1.26 bits per heavy atom. The molecule has 0 saturated carbocycles. The molecule has 0 radical (unpaired) electrons. The first-order chi connectivity index (χ1) is 10.7. The van der Waals surface area contributed by atoms with Crippen LogP contribution < -0.4 is 5.73 Å². The van der Waals surface area contributed by atoms with Gasteiger partial charge in [0.05, 0.1) is 7.11 Å². The number of nitrogens with zero attached hydrogens (tertiary/aromatic N) is 3. The Balaban J connectivity index is 0.00000192. The molecule has 0 atom stereocenters. The lowest BCUT2D eigenvalue weighted by Gasteiger charge is -2.10. The molecule has 0 amide bonds. The van der Waals surface area contributed by atoms with E-state index in [4.69, 9.17) is 10.5 Å². The molecule has 2 heterocycles. The van der Waals surface area contributed by atoms with Crippen molar-refractivity contribution >= 4 is 24.0 Å². The third-order valence-electron chi connectivity index (χ3n) is 3.66. The average molecular weight is 333 g/mol. The number of nitrogens with two attached hydrogens (primary N) is 1. The van der Waals surface area contributed by atoms with E-state index < -0.39 is 5.97 Å². The molecule has 2 N–H and O–H groups in total. The first kappa shape index (κ1) is 16.9. The zero-order chi connectivity index (χ0) is 15.7. The number of halogens is 1. The lowest BCUT2D eigenvalue weighted by Crippen LogP contribution is -2.09. The van der Waals surface area contributed by atoms with Gasteiger partial charge in [-0.3, -0.25) is 4.40 Å². The zero-order valence-electron chi connectivity index (χ0n) is 12.8. The Bertz CT molecular complexity index is 860. The van der Waals surface area contributed by atoms with Crippen LogP contribution in [0.15, 0.2) is 36.7 Å². The molecule has 0 aliphatic rings. The summed E-state index contributed by atoms with van der Waals surface area (Å²) in [6.07, 6.45) is 1.48. The number of ether oxygens (including phenoxy) is 1. The number of hydrogen-bond acceptors (Lipinski definition) is 5. The summed E-state index contributed by atoms with van der Waals surface area (Å²) < 4.78 is 6.52. The van der Waals surface area contributed by atoms with E-state index in [0.29, 0.717) is 23.7 Å². The van der Waals surface area contributed by atoms with Gasteiger partial charge in [-0.2, -0.15) is 0 Å². The monoisotopic (exact) mass is 332 g/mol. The van der Waals surface area contributed by atoms with Crippen LogP contribution in [0.3, 0.4) is 0 Å². The highest BCUT2D eigenvalue weighted by atomic mass is 35.5. The molecular weight excluding hydrogens is 316 g/mol. The van der Waals surface area contributed by atoms with Crippen molar-refractivity contribution in [2.45, 2.75) is 13.5 Å². The number of carbonyl (C=O) groups is 1. The van der Waals surface area contributed by atoms with Crippen LogP contribution in [0.1, 0.15) is 21.6 Å². The highest BCUT2D eigenvalue weighted by molar-refractivity contribution is 5.89. The van der Waals surface area contributed by atoms with Crippen molar-refractivity contribution in [1.29, 1.82) is 0 Å². The second-order valence-electron chi connectivity index (χ2n) is 4.95. The highest BCUT2D eigenvalue weighted by Crippen LogP contribution is 2.23. The Kier molecular flexibility index (Phi) is 4.98. The molecule has 0 saturated heterocycles. The summed E-state index contributed by atoms with van der Waals surface area (Å²) in [6.45, 7) is 2.49. The number of benzene rings is 1. The van der Waals surface area contributed by atoms with Crippen LogP contribution >= 0.6 is 12.4 Å². The van der Waals surface area contributed by atoms with Gasteiger partial charge in [-0.25, -0.2) is 14.8 Å². The average Bonchev–Trinajstić information content (AvgIpc) is 2.98. The van der Waals surface area contributed by atoms with Crippen LogP contribution in [-0.2, 0) is 11.3 Å². The van der Waals surface area contributed by atoms with E-state index in [1.807, 2.05) is 25.1 Å². The van der Waals surface area contributed by atoms with Crippen molar-refractivity contribution in [2.24, 2.45) is 5.73 Å². The van der Waals surface area contributed by atoms with Crippen LogP contribution in [-0.4, -0.2) is 27.4 Å². The summed E-state index contributed by atoms with van der Waals surface area (Å²) in [5.41, 5.74) is 9.80. The number of fused-ring (bicyclic) bond motifs is 1. The summed E-state index contributed by atoms with van der Waals surface area (Å²) in [6, 6.07) is 9.36. The largest absolute Gasteiger partial charge is 0.464 e. The lowest BCUT2D eigenvalue weighted by atomic mass is 10.0. The van der Waals surface area contributed by atoms with Crippen molar-refractivity contribution in [3.63, 3.8) is 0 Å². The fourth-order valence-corrected chi connectivity index (χ4v) is 2.48. The van der Waals surface area contributed by atoms with Crippen LogP contribution in [0.25, 0.3) is 17.0 Å². The molecule has 7 heteroatoms. The number of carbonyl (C=O) groups excluding carboxylic acids is 1. The van der Waals surface area contributed by atoms with E-state index in [0.717, 1.165) is 16.7 Å². The van der Waals surface area contributed by atoms with Crippen molar-refractivity contribution in [3.8, 4) is 11.4 Å². The van der Waals surface area contributed by atoms with Gasteiger partial charge in [0.15, 0.2) is 0 Å². The molecule has 0 fully saturated rings. The lowest BCUT2D eigenvalue weighted by molar-refractivity contribution is 0.0593. The smallest absolute Gasteiger partial charge is 0.355 e. The number of aromatic nitrogens is 3. The van der Waals surface area contributed by atoms with Gasteiger partial charge in [-0.05, 0) is 36.2 Å². The molecule has 2 aromatic heterocycles. The first-order valence-electron chi connectivity index (χ1n) is 6.86. The number of rotatable bonds is 3. The summed E-state index contributed by atoms with van der Waals surface area (Å²) in [5, 5.41) is 0. The van der Waals surface area contributed by atoms with Gasteiger partial charge in [0.1, 0.15) is 23.5 Å². The van der Waals surface area contributed by atoms with Gasteiger partial charge in [-0.15, -0.1) is 12.4 Å². The minimum absolute atomic E-state index is 0. The van der Waals surface area contributed by atoms with Crippen LogP contribution in [0.2, 0.25) is 0 Å². The molecule has 0 unspecified atom stereocenters. The van der Waals surface area contributed by atoms with Crippen LogP contribution in [0, 0.1) is 6.92 Å². The second kappa shape index (κ2) is 6.76. The van der Waals surface area contributed by atoms with Crippen molar-refractivity contribution < 1.29 is 9.53 Å². The quantitative estimate of drug-likeness (QED) is 0.744. The molecule has 0 aliphatic heterocycles. The van der Waals surface area contributed by atoms with Gasteiger partial charge >= 0.3 is 5.97 Å². The number of hydrogen-bond donors (Lipinski definition) is 1. The maximum atomic E-state index is 11.9. The van der Waals surface area contributed by atoms with Gasteiger partial charge in [0.25, 0.3) is 0 Å². The highest BCUT2D eigenvalue weighted by Gasteiger charge is 2.16. The summed E-state index contributed by atoms with van der Waals surface area (Å²) in [7, 11) is 1.35. The predicted molar refractivity (Wildman–Crippen MR) is 89.6 cm³/mol. The Hall–Kier alpha value is -2.44. The molecule has 0 aliphatic carbocycles. The van der Waals surface area contributed by atoms with Gasteiger partial charge in [0, 0.05) is 12.1 Å². The fraction of sp³-hybridized carbons (Fsp3) is 0.188. The Morgan fingerprint density at radius 2 is 2.04 bits per heavy atom. The van der Waals surface area contributed by atoms with E-state index >= 15 is 0 Å². The third-order valence-corrected chi connectivity index (χ3v) is 3.66. The molecule has 6 nitrogen and oxygen atoms in total. The first-order valence-corrected chi connectivity index (χ1v) is 6.86. The number of methoxy groups -OCH3 is 1. The van der Waals surface area contributed by atoms with E-state index in [1.165, 1.54) is 13.4 Å². The minimum Gasteiger partial charge on any atom is -0.464 e. The minimum atomic E-state index is -0.425. The van der Waals surface area contributed by atoms with Gasteiger partial charge in [-0.1, -0.05) is 12.1 Å². The summed E-state index contributed by atoms with van der Waals surface area (Å²) in [5.74, 6) is 0.216. The fourth-order valence-electron chi connectivity index (χ4n) is 2.48. The molecule has 3 aromatic rings. The molecular formula is C16H17ClN4O2. The van der Waals surface area contributed by atoms with E-state index in [9.17, 15) is 4.79 Å². The molecule has 0 bridgehead atoms.